The molecule has 2 aromatic rings. The molecular weight excluding hydrogens is 536 g/mol. The number of halogens is 2. The molecule has 0 fully saturated rings. The Hall–Kier alpha value is -1.32. The van der Waals surface area contributed by atoms with Crippen molar-refractivity contribution in [3.05, 3.63) is 58.7 Å². The van der Waals surface area contributed by atoms with Crippen molar-refractivity contribution in [1.82, 2.24) is 0 Å². The molecule has 2 unspecified atom stereocenters. The van der Waals surface area contributed by atoms with Gasteiger partial charge in [-0.1, -0.05) is 107 Å². The van der Waals surface area contributed by atoms with E-state index in [0.29, 0.717) is 11.1 Å². The first kappa shape index (κ1) is 33.9. The van der Waals surface area contributed by atoms with Gasteiger partial charge in [-0.15, -0.1) is 8.39 Å². The summed E-state index contributed by atoms with van der Waals surface area (Å²) in [6, 6.07) is 11.2. The van der Waals surface area contributed by atoms with E-state index in [9.17, 15) is 18.2 Å². The van der Waals surface area contributed by atoms with E-state index in [2.05, 4.69) is 69.2 Å². The van der Waals surface area contributed by atoms with Gasteiger partial charge < -0.3 is 18.8 Å². The summed E-state index contributed by atoms with van der Waals surface area (Å²) >= 11 is 0. The van der Waals surface area contributed by atoms with Crippen molar-refractivity contribution < 1.29 is 27.2 Å². The van der Waals surface area contributed by atoms with E-state index >= 15 is 0 Å². The van der Waals surface area contributed by atoms with Gasteiger partial charge in [0, 0.05) is 16.5 Å². The molecule has 4 nitrogen and oxygen atoms in total. The Balaban J connectivity index is 2.83. The zero-order chi connectivity index (χ0) is 30.2. The van der Waals surface area contributed by atoms with E-state index in [0.717, 1.165) is 24.0 Å². The molecule has 8 heteroatoms. The van der Waals surface area contributed by atoms with Gasteiger partial charge >= 0.3 is 17.4 Å². The Labute approximate surface area is 237 Å². The molecule has 0 bridgehead atoms. The Morgan fingerprint density at radius 1 is 0.590 bits per heavy atom. The average Bonchev–Trinajstić information content (AvgIpc) is 2.69. The molecule has 0 heterocycles. The minimum absolute atomic E-state index is 0.0696. The van der Waals surface area contributed by atoms with Crippen LogP contribution >= 0.6 is 17.4 Å². The molecular formula is C31H48F2O4P2. The zero-order valence-corrected chi connectivity index (χ0v) is 27.5. The number of benzene rings is 2. The summed E-state index contributed by atoms with van der Waals surface area (Å²) in [6.07, 6.45) is 1.80. The van der Waals surface area contributed by atoms with Crippen LogP contribution in [0, 0.1) is 10.8 Å². The van der Waals surface area contributed by atoms with Crippen LogP contribution in [0.25, 0.3) is 0 Å². The smallest absolute Gasteiger partial charge is 0.424 e. The molecule has 0 aliphatic heterocycles. The standard InChI is InChI=1S/C31H48F2O4P2/c1-27(2,3)19-29(7,8)21-13-15-25(36-38(32)34)23(17-21)31(11,12)24-18-22(14-16-26(24)37-39(33)35)30(9,10)20-28(4,5)6/h13-18,34-35H,19-20H2,1-12H3. The lowest BCUT2D eigenvalue weighted by Gasteiger charge is -2.37. The maximum absolute atomic E-state index is 13.8. The maximum atomic E-state index is 13.8. The van der Waals surface area contributed by atoms with Gasteiger partial charge in [-0.05, 0) is 57.8 Å². The molecule has 39 heavy (non-hydrogen) atoms. The largest absolute Gasteiger partial charge is 0.436 e. The third-order valence-electron chi connectivity index (χ3n) is 7.16. The van der Waals surface area contributed by atoms with Crippen LogP contribution in [-0.4, -0.2) is 9.79 Å². The maximum Gasteiger partial charge on any atom is 0.436 e. The van der Waals surface area contributed by atoms with Crippen LogP contribution in [0.3, 0.4) is 0 Å². The summed E-state index contributed by atoms with van der Waals surface area (Å²) in [6.45, 7) is 25.7. The molecule has 2 rings (SSSR count). The van der Waals surface area contributed by atoms with E-state index in [1.807, 2.05) is 38.1 Å². The van der Waals surface area contributed by atoms with Crippen LogP contribution in [-0.2, 0) is 16.2 Å². The summed E-state index contributed by atoms with van der Waals surface area (Å²) < 4.78 is 38.3. The molecule has 0 spiro atoms. The molecule has 0 saturated heterocycles. The van der Waals surface area contributed by atoms with Crippen LogP contribution in [0.15, 0.2) is 36.4 Å². The summed E-state index contributed by atoms with van der Waals surface area (Å²) in [7, 11) is -6.32. The van der Waals surface area contributed by atoms with E-state index in [-0.39, 0.29) is 33.2 Å². The Kier molecular flexibility index (Phi) is 10.3. The number of hydrogen-bond donors (Lipinski definition) is 2. The van der Waals surface area contributed by atoms with Crippen LogP contribution in [0.2, 0.25) is 0 Å². The van der Waals surface area contributed by atoms with Crippen molar-refractivity contribution in [2.45, 2.75) is 112 Å². The molecule has 2 N–H and O–H groups in total. The Morgan fingerprint density at radius 3 is 1.15 bits per heavy atom. The summed E-state index contributed by atoms with van der Waals surface area (Å²) in [4.78, 5) is 19.1. The van der Waals surface area contributed by atoms with E-state index in [4.69, 9.17) is 9.05 Å². The normalized spacial score (nSPS) is 15.2. The molecule has 0 aliphatic carbocycles. The molecule has 2 aromatic carbocycles. The fourth-order valence-electron chi connectivity index (χ4n) is 6.20. The highest BCUT2D eigenvalue weighted by Gasteiger charge is 2.36. The summed E-state index contributed by atoms with van der Waals surface area (Å²) in [5, 5.41) is 0. The van der Waals surface area contributed by atoms with Crippen LogP contribution in [0.1, 0.15) is 118 Å². The molecule has 0 aliphatic rings. The van der Waals surface area contributed by atoms with E-state index in [1.54, 1.807) is 12.1 Å². The lowest BCUT2D eigenvalue weighted by molar-refractivity contribution is 0.283. The monoisotopic (exact) mass is 584 g/mol. The van der Waals surface area contributed by atoms with Crippen molar-refractivity contribution in [3.8, 4) is 11.5 Å². The molecule has 0 amide bonds. The first-order valence-corrected chi connectivity index (χ1v) is 15.6. The minimum atomic E-state index is -3.16. The molecule has 0 radical (unpaired) electrons. The van der Waals surface area contributed by atoms with Gasteiger partial charge in [0.15, 0.2) is 0 Å². The highest BCUT2D eigenvalue weighted by Crippen LogP contribution is 2.50. The van der Waals surface area contributed by atoms with Gasteiger partial charge in [0.25, 0.3) is 0 Å². The molecule has 0 saturated carbocycles. The lowest BCUT2D eigenvalue weighted by Crippen LogP contribution is -2.28. The summed E-state index contributed by atoms with van der Waals surface area (Å²) in [5.41, 5.74) is 2.19. The predicted molar refractivity (Wildman–Crippen MR) is 161 cm³/mol. The summed E-state index contributed by atoms with van der Waals surface area (Å²) in [5.74, 6) is 0.423. The van der Waals surface area contributed by atoms with Crippen LogP contribution < -0.4 is 9.05 Å². The van der Waals surface area contributed by atoms with Gasteiger partial charge in [-0.2, -0.15) is 0 Å². The average molecular weight is 585 g/mol. The predicted octanol–water partition coefficient (Wildman–Crippen LogP) is 10.6. The second-order valence-corrected chi connectivity index (χ2v) is 16.2. The van der Waals surface area contributed by atoms with Gasteiger partial charge in [-0.25, -0.2) is 0 Å². The Bertz CT molecular complexity index is 1040. The fourth-order valence-corrected chi connectivity index (χ4v) is 6.84. The molecule has 0 aromatic heterocycles. The van der Waals surface area contributed by atoms with Crippen molar-refractivity contribution in [2.75, 3.05) is 0 Å². The quantitative estimate of drug-likeness (QED) is 0.273. The number of hydrogen-bond acceptors (Lipinski definition) is 4. The highest BCUT2D eigenvalue weighted by molar-refractivity contribution is 7.40. The van der Waals surface area contributed by atoms with Gasteiger partial charge in [0.05, 0.1) is 0 Å². The van der Waals surface area contributed by atoms with Crippen molar-refractivity contribution >= 4 is 17.4 Å². The second kappa shape index (κ2) is 11.9. The topological polar surface area (TPSA) is 58.9 Å². The zero-order valence-electron chi connectivity index (χ0n) is 25.7. The third kappa shape index (κ3) is 9.35. The fraction of sp³-hybridized carbons (Fsp3) is 0.613. The third-order valence-corrected chi connectivity index (χ3v) is 7.86. The SMILES string of the molecule is CC(C)(C)CC(C)(C)c1ccc(OP(O)F)c(C(C)(C)c2cc(C(C)(C)CC(C)(C)C)ccc2OP(O)F)c1. The van der Waals surface area contributed by atoms with Crippen molar-refractivity contribution in [1.29, 1.82) is 0 Å². The van der Waals surface area contributed by atoms with E-state index in [1.165, 1.54) is 0 Å². The Morgan fingerprint density at radius 2 is 0.897 bits per heavy atom. The molecule has 220 valence electrons. The first-order chi connectivity index (χ1) is 17.4. The van der Waals surface area contributed by atoms with Crippen LogP contribution in [0.5, 0.6) is 11.5 Å². The molecule has 2 atom stereocenters. The highest BCUT2D eigenvalue weighted by atomic mass is 31.2. The first-order valence-electron chi connectivity index (χ1n) is 13.4. The minimum Gasteiger partial charge on any atom is -0.424 e. The van der Waals surface area contributed by atoms with Gasteiger partial charge in [-0.3, -0.25) is 0 Å². The van der Waals surface area contributed by atoms with E-state index < -0.39 is 22.8 Å². The number of rotatable bonds is 10. The van der Waals surface area contributed by atoms with Crippen molar-refractivity contribution in [3.63, 3.8) is 0 Å². The van der Waals surface area contributed by atoms with Crippen molar-refractivity contribution in [2.24, 2.45) is 10.8 Å². The second-order valence-electron chi connectivity index (χ2n) is 14.9. The lowest BCUT2D eigenvalue weighted by atomic mass is 9.68. The van der Waals surface area contributed by atoms with Crippen LogP contribution in [0.4, 0.5) is 8.39 Å². The van der Waals surface area contributed by atoms with Gasteiger partial charge in [0.1, 0.15) is 11.5 Å². The van der Waals surface area contributed by atoms with Gasteiger partial charge in [0.2, 0.25) is 0 Å².